The first-order valence-corrected chi connectivity index (χ1v) is 6.45. The first-order valence-electron chi connectivity index (χ1n) is 5.66. The van der Waals surface area contributed by atoms with Crippen molar-refractivity contribution in [2.45, 2.75) is 19.4 Å². The first-order chi connectivity index (χ1) is 8.54. The minimum Gasteiger partial charge on any atom is -0.464 e. The van der Waals surface area contributed by atoms with Crippen LogP contribution in [0.2, 0.25) is 0 Å². The molecule has 0 aliphatic heterocycles. The fourth-order valence-corrected chi connectivity index (χ4v) is 1.99. The zero-order valence-corrected chi connectivity index (χ0v) is 12.1. The lowest BCUT2D eigenvalue weighted by Crippen LogP contribution is -2.47. The van der Waals surface area contributed by atoms with Gasteiger partial charge in [0.2, 0.25) is 0 Å². The average Bonchev–Trinajstić information content (AvgIpc) is 2.36. The summed E-state index contributed by atoms with van der Waals surface area (Å²) >= 11 is 3.39. The molecular weight excluding hydrogens is 294 g/mol. The molecule has 18 heavy (non-hydrogen) atoms. The molecule has 96 valence electrons. The Balaban J connectivity index is 3.11. The van der Waals surface area contributed by atoms with Gasteiger partial charge in [-0.2, -0.15) is 0 Å². The van der Waals surface area contributed by atoms with Crippen LogP contribution in [0.4, 0.5) is 0 Å². The predicted octanol–water partition coefficient (Wildman–Crippen LogP) is 2.45. The number of ether oxygens (including phenoxy) is 1. The third-order valence-corrected chi connectivity index (χ3v) is 3.12. The van der Waals surface area contributed by atoms with Gasteiger partial charge in [0, 0.05) is 4.47 Å². The van der Waals surface area contributed by atoms with Crippen LogP contribution < -0.4 is 5.32 Å². The van der Waals surface area contributed by atoms with Crippen LogP contribution in [0.25, 0.3) is 0 Å². The standard InChI is InChI=1S/C14H16BrNO2/c1-4-9-16-14(3,13(17)18-5-2)11-7-6-8-12(15)10-11/h1,6-8,10,16H,5,9H2,2-3H3. The summed E-state index contributed by atoms with van der Waals surface area (Å²) in [5, 5.41) is 3.04. The summed E-state index contributed by atoms with van der Waals surface area (Å²) in [4.78, 5) is 12.1. The Bertz CT molecular complexity index is 467. The van der Waals surface area contributed by atoms with Crippen LogP contribution >= 0.6 is 15.9 Å². The molecule has 0 saturated heterocycles. The predicted molar refractivity (Wildman–Crippen MR) is 75.0 cm³/mol. The summed E-state index contributed by atoms with van der Waals surface area (Å²) in [6.07, 6.45) is 5.24. The second-order valence-electron chi connectivity index (χ2n) is 3.91. The average molecular weight is 310 g/mol. The quantitative estimate of drug-likeness (QED) is 0.671. The minimum atomic E-state index is -0.938. The molecule has 1 atom stereocenters. The monoisotopic (exact) mass is 309 g/mol. The topological polar surface area (TPSA) is 38.3 Å². The lowest BCUT2D eigenvalue weighted by molar-refractivity contribution is -0.150. The molecule has 3 nitrogen and oxygen atoms in total. The Labute approximate surface area is 116 Å². The van der Waals surface area contributed by atoms with Crippen molar-refractivity contribution in [1.82, 2.24) is 5.32 Å². The van der Waals surface area contributed by atoms with Gasteiger partial charge in [-0.15, -0.1) is 6.42 Å². The molecule has 4 heteroatoms. The van der Waals surface area contributed by atoms with E-state index in [9.17, 15) is 4.79 Å². The molecule has 1 aromatic rings. The van der Waals surface area contributed by atoms with Gasteiger partial charge in [0.25, 0.3) is 0 Å². The highest BCUT2D eigenvalue weighted by Crippen LogP contribution is 2.25. The van der Waals surface area contributed by atoms with Gasteiger partial charge in [0.15, 0.2) is 0 Å². The number of halogens is 1. The molecule has 0 bridgehead atoms. The van der Waals surface area contributed by atoms with Crippen LogP contribution in [0.1, 0.15) is 19.4 Å². The van der Waals surface area contributed by atoms with E-state index in [4.69, 9.17) is 11.2 Å². The molecule has 0 amide bonds. The molecule has 0 saturated carbocycles. The molecule has 1 aromatic carbocycles. The van der Waals surface area contributed by atoms with Crippen LogP contribution in [0.5, 0.6) is 0 Å². The smallest absolute Gasteiger partial charge is 0.330 e. The molecule has 1 unspecified atom stereocenters. The van der Waals surface area contributed by atoms with Crippen molar-refractivity contribution in [2.24, 2.45) is 0 Å². The van der Waals surface area contributed by atoms with Crippen molar-refractivity contribution in [3.05, 3.63) is 34.3 Å². The van der Waals surface area contributed by atoms with E-state index in [1.807, 2.05) is 24.3 Å². The largest absolute Gasteiger partial charge is 0.464 e. The van der Waals surface area contributed by atoms with Crippen molar-refractivity contribution in [3.63, 3.8) is 0 Å². The maximum Gasteiger partial charge on any atom is 0.330 e. The summed E-state index contributed by atoms with van der Waals surface area (Å²) in [5.41, 5.74) is -0.128. The number of terminal acetylenes is 1. The van der Waals surface area contributed by atoms with Crippen LogP contribution in [0.15, 0.2) is 28.7 Å². The van der Waals surface area contributed by atoms with Gasteiger partial charge >= 0.3 is 5.97 Å². The Morgan fingerprint density at radius 1 is 1.61 bits per heavy atom. The van der Waals surface area contributed by atoms with Gasteiger partial charge in [-0.3, -0.25) is 5.32 Å². The third kappa shape index (κ3) is 3.34. The lowest BCUT2D eigenvalue weighted by atomic mass is 9.92. The number of hydrogen-bond donors (Lipinski definition) is 1. The van der Waals surface area contributed by atoms with Crippen LogP contribution in [0.3, 0.4) is 0 Å². The van der Waals surface area contributed by atoms with Gasteiger partial charge in [0.1, 0.15) is 5.54 Å². The fraction of sp³-hybridized carbons (Fsp3) is 0.357. The number of esters is 1. The van der Waals surface area contributed by atoms with Crippen molar-refractivity contribution >= 4 is 21.9 Å². The van der Waals surface area contributed by atoms with E-state index in [0.29, 0.717) is 13.2 Å². The highest BCUT2D eigenvalue weighted by Gasteiger charge is 2.36. The number of carbonyl (C=O) groups excluding carboxylic acids is 1. The summed E-state index contributed by atoms with van der Waals surface area (Å²) in [5.74, 6) is 2.14. The van der Waals surface area contributed by atoms with E-state index in [0.717, 1.165) is 10.0 Å². The maximum atomic E-state index is 12.1. The molecule has 0 aromatic heterocycles. The molecular formula is C14H16BrNO2. The second-order valence-corrected chi connectivity index (χ2v) is 4.83. The van der Waals surface area contributed by atoms with Crippen LogP contribution in [-0.4, -0.2) is 19.1 Å². The molecule has 0 spiro atoms. The Morgan fingerprint density at radius 2 is 2.33 bits per heavy atom. The van der Waals surface area contributed by atoms with Gasteiger partial charge in [-0.1, -0.05) is 34.0 Å². The number of benzene rings is 1. The van der Waals surface area contributed by atoms with E-state index in [1.165, 1.54) is 0 Å². The van der Waals surface area contributed by atoms with E-state index in [1.54, 1.807) is 13.8 Å². The van der Waals surface area contributed by atoms with E-state index < -0.39 is 5.54 Å². The van der Waals surface area contributed by atoms with Crippen molar-refractivity contribution in [2.75, 3.05) is 13.2 Å². The maximum absolute atomic E-state index is 12.1. The summed E-state index contributed by atoms with van der Waals surface area (Å²) in [6.45, 7) is 4.17. The van der Waals surface area contributed by atoms with Crippen molar-refractivity contribution < 1.29 is 9.53 Å². The Kier molecular flexibility index (Phi) is 5.39. The van der Waals surface area contributed by atoms with Gasteiger partial charge in [-0.05, 0) is 31.5 Å². The van der Waals surface area contributed by atoms with E-state index in [-0.39, 0.29) is 5.97 Å². The molecule has 1 rings (SSSR count). The van der Waals surface area contributed by atoms with Gasteiger partial charge in [0.05, 0.1) is 13.2 Å². The molecule has 0 fully saturated rings. The van der Waals surface area contributed by atoms with E-state index in [2.05, 4.69) is 27.2 Å². The number of nitrogens with one attached hydrogen (secondary N) is 1. The number of carbonyl (C=O) groups is 1. The molecule has 0 aliphatic carbocycles. The normalized spacial score (nSPS) is 13.4. The minimum absolute atomic E-state index is 0.293. The molecule has 1 N–H and O–H groups in total. The van der Waals surface area contributed by atoms with Crippen LogP contribution in [0, 0.1) is 12.3 Å². The lowest BCUT2D eigenvalue weighted by Gasteiger charge is -2.28. The molecule has 0 aliphatic rings. The zero-order valence-electron chi connectivity index (χ0n) is 10.5. The summed E-state index contributed by atoms with van der Waals surface area (Å²) < 4.78 is 6.01. The van der Waals surface area contributed by atoms with Gasteiger partial charge in [-0.25, -0.2) is 4.79 Å². The summed E-state index contributed by atoms with van der Waals surface area (Å²) in [7, 11) is 0. The fourth-order valence-electron chi connectivity index (χ4n) is 1.59. The SMILES string of the molecule is C#CCNC(C)(C(=O)OCC)c1cccc(Br)c1. The van der Waals surface area contributed by atoms with E-state index >= 15 is 0 Å². The number of rotatable bonds is 5. The van der Waals surface area contributed by atoms with Crippen molar-refractivity contribution in [1.29, 1.82) is 0 Å². The highest BCUT2D eigenvalue weighted by atomic mass is 79.9. The van der Waals surface area contributed by atoms with Crippen LogP contribution in [-0.2, 0) is 15.1 Å². The van der Waals surface area contributed by atoms with Gasteiger partial charge < -0.3 is 4.74 Å². The highest BCUT2D eigenvalue weighted by molar-refractivity contribution is 9.10. The molecule has 0 radical (unpaired) electrons. The first kappa shape index (κ1) is 14.7. The Morgan fingerprint density at radius 3 is 2.89 bits per heavy atom. The molecule has 0 heterocycles. The third-order valence-electron chi connectivity index (χ3n) is 2.63. The number of hydrogen-bond acceptors (Lipinski definition) is 3. The van der Waals surface area contributed by atoms with Crippen molar-refractivity contribution in [3.8, 4) is 12.3 Å². The zero-order chi connectivity index (χ0) is 13.6. The Hall–Kier alpha value is -1.31. The summed E-state index contributed by atoms with van der Waals surface area (Å²) in [6, 6.07) is 7.51. The second kappa shape index (κ2) is 6.58.